The van der Waals surface area contributed by atoms with Crippen molar-refractivity contribution in [3.8, 4) is 22.8 Å². The molecule has 0 fully saturated rings. The highest BCUT2D eigenvalue weighted by atomic mass is 16.5. The number of fused-ring (bicyclic) bond motifs is 1. The minimum atomic E-state index is 0.613. The molecule has 0 aliphatic heterocycles. The lowest BCUT2D eigenvalue weighted by atomic mass is 9.96. The van der Waals surface area contributed by atoms with Gasteiger partial charge < -0.3 is 4.74 Å². The molecule has 0 N–H and O–H groups in total. The summed E-state index contributed by atoms with van der Waals surface area (Å²) in [6.45, 7) is 2.15. The topological polar surface area (TPSA) is 22.1 Å². The highest BCUT2D eigenvalue weighted by molar-refractivity contribution is 5.91. The van der Waals surface area contributed by atoms with E-state index in [-0.39, 0.29) is 0 Å². The Hall–Kier alpha value is -3.13. The molecule has 116 valence electrons. The van der Waals surface area contributed by atoms with Crippen molar-refractivity contribution < 1.29 is 4.74 Å². The van der Waals surface area contributed by atoms with Crippen LogP contribution < -0.4 is 4.74 Å². The predicted molar refractivity (Wildman–Crippen MR) is 98.4 cm³/mol. The van der Waals surface area contributed by atoms with Crippen LogP contribution in [0.5, 0.6) is 11.6 Å². The van der Waals surface area contributed by atoms with E-state index in [1.54, 1.807) is 0 Å². The molecular formula is C22H17NO. The second kappa shape index (κ2) is 6.17. The minimum absolute atomic E-state index is 0.613. The van der Waals surface area contributed by atoms with Crippen LogP contribution in [0.4, 0.5) is 0 Å². The fourth-order valence-electron chi connectivity index (χ4n) is 2.94. The molecule has 0 atom stereocenters. The van der Waals surface area contributed by atoms with E-state index in [0.29, 0.717) is 5.88 Å². The van der Waals surface area contributed by atoms with Crippen LogP contribution in [-0.2, 0) is 0 Å². The van der Waals surface area contributed by atoms with Crippen LogP contribution in [0.1, 0.15) is 5.56 Å². The van der Waals surface area contributed by atoms with E-state index in [0.717, 1.165) is 16.5 Å². The average molecular weight is 311 g/mol. The van der Waals surface area contributed by atoms with Gasteiger partial charge in [-0.15, -0.1) is 0 Å². The molecule has 24 heavy (non-hydrogen) atoms. The van der Waals surface area contributed by atoms with Gasteiger partial charge in [0.15, 0.2) is 0 Å². The highest BCUT2D eigenvalue weighted by Gasteiger charge is 2.08. The number of nitrogens with zero attached hydrogens (tertiary/aromatic N) is 1. The summed E-state index contributed by atoms with van der Waals surface area (Å²) in [5.74, 6) is 1.41. The van der Waals surface area contributed by atoms with E-state index in [2.05, 4.69) is 48.3 Å². The van der Waals surface area contributed by atoms with Crippen LogP contribution in [0, 0.1) is 6.92 Å². The van der Waals surface area contributed by atoms with Gasteiger partial charge in [0.25, 0.3) is 0 Å². The summed E-state index contributed by atoms with van der Waals surface area (Å²) in [5, 5.41) is 2.28. The molecule has 2 nitrogen and oxygen atoms in total. The Morgan fingerprint density at radius 1 is 0.792 bits per heavy atom. The third-order valence-electron chi connectivity index (χ3n) is 4.20. The van der Waals surface area contributed by atoms with E-state index < -0.39 is 0 Å². The molecule has 0 saturated heterocycles. The standard InChI is InChI=1S/C22H17NO/c1-16-20(17-8-4-2-5-9-17)13-12-18-15-23-22(14-21(16)18)24-19-10-6-3-7-11-19/h2-15H,1H3. The average Bonchev–Trinajstić information content (AvgIpc) is 2.64. The predicted octanol–water partition coefficient (Wildman–Crippen LogP) is 6.00. The molecule has 0 unspecified atom stereocenters. The van der Waals surface area contributed by atoms with E-state index in [4.69, 9.17) is 4.74 Å². The monoisotopic (exact) mass is 311 g/mol. The Bertz CT molecular complexity index is 979. The number of hydrogen-bond donors (Lipinski definition) is 0. The second-order valence-corrected chi connectivity index (χ2v) is 5.76. The lowest BCUT2D eigenvalue weighted by Gasteiger charge is -2.11. The fourth-order valence-corrected chi connectivity index (χ4v) is 2.94. The third-order valence-corrected chi connectivity index (χ3v) is 4.20. The molecule has 1 heterocycles. The second-order valence-electron chi connectivity index (χ2n) is 5.76. The molecule has 0 radical (unpaired) electrons. The maximum Gasteiger partial charge on any atom is 0.219 e. The van der Waals surface area contributed by atoms with Crippen LogP contribution in [0.15, 0.2) is 85.1 Å². The number of pyridine rings is 1. The lowest BCUT2D eigenvalue weighted by molar-refractivity contribution is 0.464. The summed E-state index contributed by atoms with van der Waals surface area (Å²) < 4.78 is 5.88. The summed E-state index contributed by atoms with van der Waals surface area (Å²) in [6, 6.07) is 26.5. The Labute approximate surface area is 141 Å². The molecule has 4 aromatic rings. The Kier molecular flexibility index (Phi) is 3.72. The van der Waals surface area contributed by atoms with E-state index in [1.165, 1.54) is 16.7 Å². The molecule has 0 bridgehead atoms. The van der Waals surface area contributed by atoms with Crippen molar-refractivity contribution in [2.45, 2.75) is 6.92 Å². The zero-order valence-electron chi connectivity index (χ0n) is 13.4. The largest absolute Gasteiger partial charge is 0.439 e. The molecule has 3 aromatic carbocycles. The zero-order valence-corrected chi connectivity index (χ0v) is 13.4. The number of hydrogen-bond acceptors (Lipinski definition) is 2. The number of para-hydroxylation sites is 1. The summed E-state index contributed by atoms with van der Waals surface area (Å²) >= 11 is 0. The van der Waals surface area contributed by atoms with Crippen molar-refractivity contribution in [3.05, 3.63) is 90.6 Å². The first-order valence-corrected chi connectivity index (χ1v) is 7.99. The van der Waals surface area contributed by atoms with Crippen molar-refractivity contribution in [2.24, 2.45) is 0 Å². The Morgan fingerprint density at radius 3 is 2.25 bits per heavy atom. The van der Waals surface area contributed by atoms with Crippen molar-refractivity contribution in [2.75, 3.05) is 0 Å². The molecule has 0 saturated carbocycles. The Balaban J connectivity index is 1.79. The van der Waals surface area contributed by atoms with E-state index in [1.807, 2.05) is 48.7 Å². The first-order chi connectivity index (χ1) is 11.8. The van der Waals surface area contributed by atoms with Crippen molar-refractivity contribution in [1.29, 1.82) is 0 Å². The summed E-state index contributed by atoms with van der Waals surface area (Å²) in [4.78, 5) is 4.42. The fraction of sp³-hybridized carbons (Fsp3) is 0.0455. The number of benzene rings is 3. The minimum Gasteiger partial charge on any atom is -0.439 e. The van der Waals surface area contributed by atoms with Crippen LogP contribution in [-0.4, -0.2) is 4.98 Å². The van der Waals surface area contributed by atoms with Gasteiger partial charge in [0, 0.05) is 17.6 Å². The number of aryl methyl sites for hydroxylation is 1. The normalized spacial score (nSPS) is 10.7. The zero-order chi connectivity index (χ0) is 16.4. The molecule has 0 spiro atoms. The molecule has 0 aliphatic carbocycles. The van der Waals surface area contributed by atoms with Gasteiger partial charge in [0.1, 0.15) is 5.75 Å². The van der Waals surface area contributed by atoms with E-state index >= 15 is 0 Å². The van der Waals surface area contributed by atoms with Crippen LogP contribution >= 0.6 is 0 Å². The van der Waals surface area contributed by atoms with Crippen molar-refractivity contribution in [1.82, 2.24) is 4.98 Å². The number of aromatic nitrogens is 1. The molecular weight excluding hydrogens is 294 g/mol. The van der Waals surface area contributed by atoms with Crippen molar-refractivity contribution in [3.63, 3.8) is 0 Å². The van der Waals surface area contributed by atoms with Crippen LogP contribution in [0.3, 0.4) is 0 Å². The highest BCUT2D eigenvalue weighted by Crippen LogP contribution is 2.31. The molecule has 4 rings (SSSR count). The van der Waals surface area contributed by atoms with Gasteiger partial charge in [-0.2, -0.15) is 0 Å². The number of ether oxygens (including phenoxy) is 1. The lowest BCUT2D eigenvalue weighted by Crippen LogP contribution is -1.90. The maximum absolute atomic E-state index is 5.88. The smallest absolute Gasteiger partial charge is 0.219 e. The number of rotatable bonds is 3. The van der Waals surface area contributed by atoms with Crippen LogP contribution in [0.25, 0.3) is 21.9 Å². The van der Waals surface area contributed by atoms with E-state index in [9.17, 15) is 0 Å². The summed E-state index contributed by atoms with van der Waals surface area (Å²) in [5.41, 5.74) is 3.69. The van der Waals surface area contributed by atoms with Gasteiger partial charge in [-0.25, -0.2) is 4.98 Å². The molecule has 2 heteroatoms. The quantitative estimate of drug-likeness (QED) is 0.463. The van der Waals surface area contributed by atoms with Gasteiger partial charge in [0.05, 0.1) is 0 Å². The molecule has 0 amide bonds. The molecule has 1 aromatic heterocycles. The van der Waals surface area contributed by atoms with Gasteiger partial charge in [-0.1, -0.05) is 60.7 Å². The first-order valence-electron chi connectivity index (χ1n) is 7.99. The van der Waals surface area contributed by atoms with Gasteiger partial charge >= 0.3 is 0 Å². The van der Waals surface area contributed by atoms with Crippen molar-refractivity contribution >= 4 is 10.8 Å². The summed E-state index contributed by atoms with van der Waals surface area (Å²) in [7, 11) is 0. The Morgan fingerprint density at radius 2 is 1.50 bits per heavy atom. The van der Waals surface area contributed by atoms with Gasteiger partial charge in [-0.3, -0.25) is 0 Å². The van der Waals surface area contributed by atoms with Gasteiger partial charge in [0.2, 0.25) is 5.88 Å². The first kappa shape index (κ1) is 14.5. The third kappa shape index (κ3) is 2.74. The van der Waals surface area contributed by atoms with Gasteiger partial charge in [-0.05, 0) is 41.1 Å². The van der Waals surface area contributed by atoms with Crippen LogP contribution in [0.2, 0.25) is 0 Å². The maximum atomic E-state index is 5.88. The summed E-state index contributed by atoms with van der Waals surface area (Å²) in [6.07, 6.45) is 1.87. The SMILES string of the molecule is Cc1c(-c2ccccc2)ccc2cnc(Oc3ccccc3)cc12. The molecule has 0 aliphatic rings.